The van der Waals surface area contributed by atoms with E-state index >= 15 is 0 Å². The number of carbonyl (C=O) groups is 1. The number of rotatable bonds is 4. The maximum absolute atomic E-state index is 11.8. The second-order valence-corrected chi connectivity index (χ2v) is 5.43. The molecular formula is C11H18F3NOS. The van der Waals surface area contributed by atoms with Crippen molar-refractivity contribution in [2.45, 2.75) is 44.0 Å². The van der Waals surface area contributed by atoms with Crippen molar-refractivity contribution in [1.82, 2.24) is 5.32 Å². The first-order valence-corrected chi connectivity index (χ1v) is 6.96. The van der Waals surface area contributed by atoms with E-state index in [1.807, 2.05) is 0 Å². The molecule has 0 bridgehead atoms. The molecule has 1 saturated carbocycles. The van der Waals surface area contributed by atoms with Crippen LogP contribution < -0.4 is 5.32 Å². The Kier molecular flexibility index (Phi) is 6.16. The predicted molar refractivity (Wildman–Crippen MR) is 62.7 cm³/mol. The molecule has 1 rings (SSSR count). The molecule has 0 aliphatic heterocycles. The number of hydrogen-bond acceptors (Lipinski definition) is 2. The summed E-state index contributed by atoms with van der Waals surface area (Å²) in [5.74, 6) is -0.176. The summed E-state index contributed by atoms with van der Waals surface area (Å²) in [4.78, 5) is 11.7. The van der Waals surface area contributed by atoms with Crippen LogP contribution in [0.15, 0.2) is 0 Å². The van der Waals surface area contributed by atoms with Gasteiger partial charge in [-0.1, -0.05) is 25.7 Å². The highest BCUT2D eigenvalue weighted by Crippen LogP contribution is 2.29. The molecule has 2 nitrogen and oxygen atoms in total. The average Bonchev–Trinajstić information content (AvgIpc) is 2.51. The Labute approximate surface area is 104 Å². The third-order valence-corrected chi connectivity index (χ3v) is 3.63. The lowest BCUT2D eigenvalue weighted by atomic mass is 10.00. The molecule has 6 heteroatoms. The van der Waals surface area contributed by atoms with Gasteiger partial charge in [-0.3, -0.25) is 4.79 Å². The SMILES string of the molecule is O=C(NCCSC(F)(F)F)C1CCCCCC1. The zero-order chi connectivity index (χ0) is 12.7. The molecule has 0 radical (unpaired) electrons. The van der Waals surface area contributed by atoms with Crippen LogP contribution >= 0.6 is 11.8 Å². The number of amides is 1. The van der Waals surface area contributed by atoms with Crippen LogP contribution in [0, 0.1) is 5.92 Å². The topological polar surface area (TPSA) is 29.1 Å². The quantitative estimate of drug-likeness (QED) is 0.626. The standard InChI is InChI=1S/C11H18F3NOS/c12-11(13,14)17-8-7-15-10(16)9-5-3-1-2-4-6-9/h9H,1-8H2,(H,15,16). The van der Waals surface area contributed by atoms with Crippen LogP contribution in [0.4, 0.5) is 13.2 Å². The summed E-state index contributed by atoms with van der Waals surface area (Å²) in [6.45, 7) is 0.0967. The molecule has 1 fully saturated rings. The van der Waals surface area contributed by atoms with Crippen LogP contribution in [0.5, 0.6) is 0 Å². The lowest BCUT2D eigenvalue weighted by Gasteiger charge is -2.14. The minimum absolute atomic E-state index is 0.00777. The molecule has 1 N–H and O–H groups in total. The van der Waals surface area contributed by atoms with Gasteiger partial charge in [0.05, 0.1) is 0 Å². The Morgan fingerprint density at radius 3 is 2.29 bits per heavy atom. The van der Waals surface area contributed by atoms with Gasteiger partial charge in [-0.15, -0.1) is 0 Å². The first-order valence-electron chi connectivity index (χ1n) is 5.97. The molecule has 0 saturated heterocycles. The van der Waals surface area contributed by atoms with Crippen LogP contribution in [0.3, 0.4) is 0 Å². The highest BCUT2D eigenvalue weighted by molar-refractivity contribution is 8.00. The minimum Gasteiger partial charge on any atom is -0.355 e. The minimum atomic E-state index is -4.20. The molecular weight excluding hydrogens is 251 g/mol. The summed E-state index contributed by atoms with van der Waals surface area (Å²) in [6, 6.07) is 0. The van der Waals surface area contributed by atoms with E-state index in [0.717, 1.165) is 38.5 Å². The third kappa shape index (κ3) is 6.81. The van der Waals surface area contributed by atoms with E-state index in [4.69, 9.17) is 0 Å². The molecule has 1 amide bonds. The van der Waals surface area contributed by atoms with E-state index in [-0.39, 0.29) is 35.9 Å². The highest BCUT2D eigenvalue weighted by Gasteiger charge is 2.27. The summed E-state index contributed by atoms with van der Waals surface area (Å²) in [5.41, 5.74) is -4.20. The van der Waals surface area contributed by atoms with E-state index in [9.17, 15) is 18.0 Å². The molecule has 17 heavy (non-hydrogen) atoms. The van der Waals surface area contributed by atoms with E-state index in [1.165, 1.54) is 0 Å². The fourth-order valence-electron chi connectivity index (χ4n) is 2.03. The summed E-state index contributed by atoms with van der Waals surface area (Å²) in [5, 5.41) is 2.59. The van der Waals surface area contributed by atoms with E-state index in [1.54, 1.807) is 0 Å². The second-order valence-electron chi connectivity index (χ2n) is 4.27. The molecule has 0 spiro atoms. The van der Waals surface area contributed by atoms with E-state index in [0.29, 0.717) is 0 Å². The molecule has 0 aromatic carbocycles. The fraction of sp³-hybridized carbons (Fsp3) is 0.909. The molecule has 0 aromatic rings. The van der Waals surface area contributed by atoms with Crippen molar-refractivity contribution in [3.05, 3.63) is 0 Å². The van der Waals surface area contributed by atoms with Gasteiger partial charge in [0, 0.05) is 18.2 Å². The largest absolute Gasteiger partial charge is 0.441 e. The predicted octanol–water partition coefficient (Wildman–Crippen LogP) is 3.33. The first-order chi connectivity index (χ1) is 7.99. The van der Waals surface area contributed by atoms with Crippen molar-refractivity contribution >= 4 is 17.7 Å². The molecule has 0 unspecified atom stereocenters. The summed E-state index contributed by atoms with van der Waals surface area (Å²) in [6.07, 6.45) is 6.17. The summed E-state index contributed by atoms with van der Waals surface area (Å²) < 4.78 is 35.5. The van der Waals surface area contributed by atoms with Crippen molar-refractivity contribution in [3.63, 3.8) is 0 Å². The van der Waals surface area contributed by atoms with E-state index < -0.39 is 5.51 Å². The number of hydrogen-bond donors (Lipinski definition) is 1. The Morgan fingerprint density at radius 2 is 1.76 bits per heavy atom. The van der Waals surface area contributed by atoms with Gasteiger partial charge >= 0.3 is 5.51 Å². The van der Waals surface area contributed by atoms with Gasteiger partial charge < -0.3 is 5.32 Å². The Hall–Kier alpha value is -0.390. The van der Waals surface area contributed by atoms with Crippen molar-refractivity contribution in [3.8, 4) is 0 Å². The number of halogens is 3. The van der Waals surface area contributed by atoms with Crippen molar-refractivity contribution in [2.24, 2.45) is 5.92 Å². The van der Waals surface area contributed by atoms with Crippen LogP contribution in [-0.4, -0.2) is 23.7 Å². The van der Waals surface area contributed by atoms with Gasteiger partial charge in [-0.05, 0) is 24.6 Å². The monoisotopic (exact) mass is 269 g/mol. The second kappa shape index (κ2) is 7.13. The maximum Gasteiger partial charge on any atom is 0.441 e. The van der Waals surface area contributed by atoms with E-state index in [2.05, 4.69) is 5.32 Å². The third-order valence-electron chi connectivity index (χ3n) is 2.89. The molecule has 0 atom stereocenters. The number of nitrogens with one attached hydrogen (secondary N) is 1. The Balaban J connectivity index is 2.15. The van der Waals surface area contributed by atoms with Gasteiger partial charge in [0.25, 0.3) is 0 Å². The van der Waals surface area contributed by atoms with Crippen LogP contribution in [0.25, 0.3) is 0 Å². The Bertz CT molecular complexity index is 237. The molecule has 1 aliphatic rings. The van der Waals surface area contributed by atoms with Gasteiger partial charge in [-0.25, -0.2) is 0 Å². The number of carbonyl (C=O) groups excluding carboxylic acids is 1. The van der Waals surface area contributed by atoms with Crippen LogP contribution in [-0.2, 0) is 4.79 Å². The molecule has 0 heterocycles. The highest BCUT2D eigenvalue weighted by atomic mass is 32.2. The van der Waals surface area contributed by atoms with Crippen molar-refractivity contribution in [1.29, 1.82) is 0 Å². The van der Waals surface area contributed by atoms with Crippen molar-refractivity contribution in [2.75, 3.05) is 12.3 Å². The molecule has 0 aromatic heterocycles. The Morgan fingerprint density at radius 1 is 1.18 bits per heavy atom. The van der Waals surface area contributed by atoms with Crippen LogP contribution in [0.1, 0.15) is 38.5 Å². The van der Waals surface area contributed by atoms with Crippen molar-refractivity contribution < 1.29 is 18.0 Å². The molecule has 100 valence electrons. The number of alkyl halides is 3. The smallest absolute Gasteiger partial charge is 0.355 e. The van der Waals surface area contributed by atoms with Gasteiger partial charge in [0.2, 0.25) is 5.91 Å². The first kappa shape index (κ1) is 14.7. The lowest BCUT2D eigenvalue weighted by Crippen LogP contribution is -2.32. The lowest BCUT2D eigenvalue weighted by molar-refractivity contribution is -0.125. The fourth-order valence-corrected chi connectivity index (χ4v) is 2.46. The van der Waals surface area contributed by atoms with Gasteiger partial charge in [0.15, 0.2) is 0 Å². The zero-order valence-electron chi connectivity index (χ0n) is 9.68. The average molecular weight is 269 g/mol. The van der Waals surface area contributed by atoms with Gasteiger partial charge in [0.1, 0.15) is 0 Å². The van der Waals surface area contributed by atoms with Crippen LogP contribution in [0.2, 0.25) is 0 Å². The molecule has 1 aliphatic carbocycles. The normalized spacial score (nSPS) is 18.8. The van der Waals surface area contributed by atoms with Gasteiger partial charge in [-0.2, -0.15) is 13.2 Å². The summed E-state index contributed by atoms with van der Waals surface area (Å²) in [7, 11) is 0. The maximum atomic E-state index is 11.8. The summed E-state index contributed by atoms with van der Waals surface area (Å²) >= 11 is -0.0884. The zero-order valence-corrected chi connectivity index (χ0v) is 10.5. The number of thioether (sulfide) groups is 1.